The summed E-state index contributed by atoms with van der Waals surface area (Å²) in [5.41, 5.74) is 2.33. The third kappa shape index (κ3) is 2.83. The molecule has 1 aliphatic heterocycles. The maximum absolute atomic E-state index is 13.3. The van der Waals surface area contributed by atoms with Gasteiger partial charge in [0.05, 0.1) is 4.47 Å². The van der Waals surface area contributed by atoms with Crippen molar-refractivity contribution in [2.24, 2.45) is 0 Å². The molecule has 0 aliphatic carbocycles. The number of benzene rings is 2. The standard InChI is InChI=1S/C17H16BrFO2/c1-17(2)9-12-7-10(4-6-15(12)21-17)16(20)11-3-5-14(19)13(18)8-11/h3-8,16,20H,9H2,1-2H3. The molecule has 0 spiro atoms. The zero-order chi connectivity index (χ0) is 15.2. The zero-order valence-electron chi connectivity index (χ0n) is 11.9. The first-order valence-electron chi connectivity index (χ1n) is 6.80. The van der Waals surface area contributed by atoms with E-state index in [0.717, 1.165) is 23.3 Å². The van der Waals surface area contributed by atoms with Crippen LogP contribution in [0.1, 0.15) is 36.6 Å². The monoisotopic (exact) mass is 350 g/mol. The number of fused-ring (bicyclic) bond motifs is 1. The number of hydrogen-bond donors (Lipinski definition) is 1. The van der Waals surface area contributed by atoms with Crippen molar-refractivity contribution in [2.75, 3.05) is 0 Å². The molecule has 2 nitrogen and oxygen atoms in total. The van der Waals surface area contributed by atoms with Crippen LogP contribution in [0.4, 0.5) is 4.39 Å². The molecule has 1 aliphatic rings. The van der Waals surface area contributed by atoms with Crippen molar-refractivity contribution < 1.29 is 14.2 Å². The van der Waals surface area contributed by atoms with E-state index in [1.807, 2.05) is 32.0 Å². The van der Waals surface area contributed by atoms with Crippen LogP contribution in [-0.2, 0) is 6.42 Å². The predicted octanol–water partition coefficient (Wildman–Crippen LogP) is 4.38. The fraction of sp³-hybridized carbons (Fsp3) is 0.294. The number of hydrogen-bond acceptors (Lipinski definition) is 2. The first-order chi connectivity index (χ1) is 9.85. The molecule has 0 amide bonds. The summed E-state index contributed by atoms with van der Waals surface area (Å²) in [5, 5.41) is 10.5. The molecule has 2 aromatic rings. The van der Waals surface area contributed by atoms with Crippen molar-refractivity contribution in [2.45, 2.75) is 32.0 Å². The normalized spacial score (nSPS) is 17.2. The van der Waals surface area contributed by atoms with Gasteiger partial charge in [0.15, 0.2) is 0 Å². The highest BCUT2D eigenvalue weighted by Crippen LogP contribution is 2.37. The molecule has 0 saturated carbocycles. The van der Waals surface area contributed by atoms with Crippen LogP contribution in [0.25, 0.3) is 0 Å². The molecule has 21 heavy (non-hydrogen) atoms. The molecule has 0 bridgehead atoms. The van der Waals surface area contributed by atoms with E-state index in [1.54, 1.807) is 12.1 Å². The third-order valence-electron chi connectivity index (χ3n) is 3.66. The Morgan fingerprint density at radius 1 is 1.19 bits per heavy atom. The summed E-state index contributed by atoms with van der Waals surface area (Å²) in [5.74, 6) is 0.534. The Kier molecular flexibility index (Phi) is 3.54. The van der Waals surface area contributed by atoms with Crippen molar-refractivity contribution in [3.8, 4) is 5.75 Å². The van der Waals surface area contributed by atoms with Gasteiger partial charge in [-0.25, -0.2) is 4.39 Å². The summed E-state index contributed by atoms with van der Waals surface area (Å²) < 4.78 is 19.5. The molecule has 0 aromatic heterocycles. The lowest BCUT2D eigenvalue weighted by Crippen LogP contribution is -2.24. The first-order valence-corrected chi connectivity index (χ1v) is 7.60. The Morgan fingerprint density at radius 2 is 1.86 bits per heavy atom. The second kappa shape index (κ2) is 5.11. The van der Waals surface area contributed by atoms with Gasteiger partial charge in [-0.05, 0) is 70.7 Å². The third-order valence-corrected chi connectivity index (χ3v) is 4.27. The minimum Gasteiger partial charge on any atom is -0.487 e. The molecular weight excluding hydrogens is 335 g/mol. The van der Waals surface area contributed by atoms with E-state index < -0.39 is 6.10 Å². The van der Waals surface area contributed by atoms with Crippen LogP contribution in [-0.4, -0.2) is 10.7 Å². The Bertz CT molecular complexity index is 697. The molecule has 0 fully saturated rings. The van der Waals surface area contributed by atoms with Gasteiger partial charge in [-0.2, -0.15) is 0 Å². The highest BCUT2D eigenvalue weighted by molar-refractivity contribution is 9.10. The van der Waals surface area contributed by atoms with Crippen LogP contribution in [0.5, 0.6) is 5.75 Å². The van der Waals surface area contributed by atoms with Crippen molar-refractivity contribution in [3.05, 3.63) is 63.4 Å². The topological polar surface area (TPSA) is 29.5 Å². The van der Waals surface area contributed by atoms with Gasteiger partial charge in [-0.3, -0.25) is 0 Å². The average Bonchev–Trinajstić information content (AvgIpc) is 2.73. The first kappa shape index (κ1) is 14.5. The Labute approximate surface area is 131 Å². The largest absolute Gasteiger partial charge is 0.487 e. The lowest BCUT2D eigenvalue weighted by Gasteiger charge is -2.16. The SMILES string of the molecule is CC1(C)Cc2cc(C(O)c3ccc(F)c(Br)c3)ccc2O1. The Hall–Kier alpha value is -1.39. The number of aliphatic hydroxyl groups excluding tert-OH is 1. The van der Waals surface area contributed by atoms with Crippen LogP contribution >= 0.6 is 15.9 Å². The lowest BCUT2D eigenvalue weighted by molar-refractivity contribution is 0.138. The lowest BCUT2D eigenvalue weighted by atomic mass is 9.96. The van der Waals surface area contributed by atoms with Crippen LogP contribution in [0.3, 0.4) is 0 Å². The summed E-state index contributed by atoms with van der Waals surface area (Å²) in [6.07, 6.45) is 0.0339. The zero-order valence-corrected chi connectivity index (χ0v) is 13.4. The number of rotatable bonds is 2. The summed E-state index contributed by atoms with van der Waals surface area (Å²) in [4.78, 5) is 0. The van der Waals surface area contributed by atoms with E-state index in [4.69, 9.17) is 4.74 Å². The minimum absolute atomic E-state index is 0.204. The van der Waals surface area contributed by atoms with Crippen LogP contribution < -0.4 is 4.74 Å². The molecule has 110 valence electrons. The predicted molar refractivity (Wildman–Crippen MR) is 83.0 cm³/mol. The molecule has 1 heterocycles. The van der Waals surface area contributed by atoms with E-state index in [1.165, 1.54) is 6.07 Å². The molecular formula is C17H16BrFO2. The Balaban J connectivity index is 1.93. The average molecular weight is 351 g/mol. The van der Waals surface area contributed by atoms with Crippen molar-refractivity contribution in [1.82, 2.24) is 0 Å². The van der Waals surface area contributed by atoms with Gasteiger partial charge in [-0.15, -0.1) is 0 Å². The molecule has 3 rings (SSSR count). The fourth-order valence-electron chi connectivity index (χ4n) is 2.67. The summed E-state index contributed by atoms with van der Waals surface area (Å²) in [6, 6.07) is 10.3. The summed E-state index contributed by atoms with van der Waals surface area (Å²) in [6.45, 7) is 4.08. The maximum atomic E-state index is 13.3. The highest BCUT2D eigenvalue weighted by atomic mass is 79.9. The van der Waals surface area contributed by atoms with Crippen molar-refractivity contribution >= 4 is 15.9 Å². The van der Waals surface area contributed by atoms with Gasteiger partial charge in [0, 0.05) is 6.42 Å². The van der Waals surface area contributed by atoms with Crippen LogP contribution in [0.15, 0.2) is 40.9 Å². The number of ether oxygens (including phenoxy) is 1. The molecule has 0 radical (unpaired) electrons. The molecule has 1 N–H and O–H groups in total. The number of aliphatic hydroxyl groups is 1. The molecule has 0 saturated heterocycles. The van der Waals surface area contributed by atoms with Gasteiger partial charge in [-0.1, -0.05) is 12.1 Å². The maximum Gasteiger partial charge on any atom is 0.137 e. The van der Waals surface area contributed by atoms with Crippen LogP contribution in [0, 0.1) is 5.82 Å². The van der Waals surface area contributed by atoms with E-state index in [-0.39, 0.29) is 11.4 Å². The second-order valence-electron chi connectivity index (χ2n) is 5.98. The highest BCUT2D eigenvalue weighted by Gasteiger charge is 2.30. The molecule has 1 atom stereocenters. The molecule has 1 unspecified atom stereocenters. The van der Waals surface area contributed by atoms with Crippen LogP contribution in [0.2, 0.25) is 0 Å². The van der Waals surface area contributed by atoms with E-state index in [9.17, 15) is 9.50 Å². The smallest absolute Gasteiger partial charge is 0.137 e. The van der Waals surface area contributed by atoms with E-state index >= 15 is 0 Å². The number of halogens is 2. The fourth-order valence-corrected chi connectivity index (χ4v) is 3.07. The second-order valence-corrected chi connectivity index (χ2v) is 6.84. The molecule has 2 aromatic carbocycles. The summed E-state index contributed by atoms with van der Waals surface area (Å²) >= 11 is 3.15. The van der Waals surface area contributed by atoms with E-state index in [0.29, 0.717) is 10.0 Å². The minimum atomic E-state index is -0.782. The van der Waals surface area contributed by atoms with Gasteiger partial charge in [0.25, 0.3) is 0 Å². The van der Waals surface area contributed by atoms with Crippen molar-refractivity contribution in [1.29, 1.82) is 0 Å². The Morgan fingerprint density at radius 3 is 2.57 bits per heavy atom. The van der Waals surface area contributed by atoms with Gasteiger partial charge >= 0.3 is 0 Å². The van der Waals surface area contributed by atoms with Gasteiger partial charge in [0.1, 0.15) is 23.3 Å². The van der Waals surface area contributed by atoms with Crippen molar-refractivity contribution in [3.63, 3.8) is 0 Å². The summed E-state index contributed by atoms with van der Waals surface area (Å²) in [7, 11) is 0. The van der Waals surface area contributed by atoms with Gasteiger partial charge in [0.2, 0.25) is 0 Å². The van der Waals surface area contributed by atoms with Gasteiger partial charge < -0.3 is 9.84 Å². The van der Waals surface area contributed by atoms with E-state index in [2.05, 4.69) is 15.9 Å². The quantitative estimate of drug-likeness (QED) is 0.870. The molecule has 4 heteroatoms.